The van der Waals surface area contributed by atoms with Crippen molar-refractivity contribution >= 4 is 34.2 Å². The maximum atomic E-state index is 11.7. The second-order valence-corrected chi connectivity index (χ2v) is 6.35. The number of rotatable bonds is 6. The molecule has 1 atom stereocenters. The summed E-state index contributed by atoms with van der Waals surface area (Å²) in [5.41, 5.74) is 0.604. The summed E-state index contributed by atoms with van der Waals surface area (Å²) in [6, 6.07) is 9.27. The average molecular weight is 373 g/mol. The quantitative estimate of drug-likeness (QED) is 0.646. The number of hydrogen-bond donors (Lipinski definition) is 2. The van der Waals surface area contributed by atoms with Gasteiger partial charge in [0.05, 0.1) is 25.3 Å². The molecule has 0 saturated carbocycles. The number of nitrogens with zero attached hydrogens (tertiary/aromatic N) is 2. The Kier molecular flexibility index (Phi) is 4.62. The summed E-state index contributed by atoms with van der Waals surface area (Å²) in [4.78, 5) is 20.3. The zero-order chi connectivity index (χ0) is 17.9. The van der Waals surface area contributed by atoms with Crippen molar-refractivity contribution in [2.24, 2.45) is 5.92 Å². The highest BCUT2D eigenvalue weighted by Gasteiger charge is 2.25. The van der Waals surface area contributed by atoms with Crippen LogP contribution in [0.3, 0.4) is 0 Å². The van der Waals surface area contributed by atoms with Gasteiger partial charge in [-0.1, -0.05) is 6.07 Å². The smallest absolute Gasteiger partial charge is 0.226 e. The fourth-order valence-corrected chi connectivity index (χ4v) is 3.10. The predicted octanol–water partition coefficient (Wildman–Crippen LogP) is 3.00. The lowest BCUT2D eigenvalue weighted by molar-refractivity contribution is -0.123. The standard InChI is InChI=1S/C18H17ClN4O3/c19-18-22-15-13(16(23-18)21-9-12-3-2-8-25-12)4-1-5-14(15)26-10-11-6-7-20-17(11)24/h1-5,8,11H,6-7,9-10H2,(H,20,24)(H,21,22,23). The maximum absolute atomic E-state index is 11.7. The number of carbonyl (C=O) groups is 1. The molecule has 1 saturated heterocycles. The molecule has 0 radical (unpaired) electrons. The number of fused-ring (bicyclic) bond motifs is 1. The first-order chi connectivity index (χ1) is 12.7. The molecule has 2 N–H and O–H groups in total. The molecule has 0 aliphatic carbocycles. The highest BCUT2D eigenvalue weighted by molar-refractivity contribution is 6.29. The SMILES string of the molecule is O=C1NCCC1COc1cccc2c(NCc3ccco3)nc(Cl)nc12. The predicted molar refractivity (Wildman–Crippen MR) is 97.2 cm³/mol. The number of ether oxygens (including phenoxy) is 1. The second-order valence-electron chi connectivity index (χ2n) is 6.01. The first-order valence-electron chi connectivity index (χ1n) is 8.34. The lowest BCUT2D eigenvalue weighted by Crippen LogP contribution is -2.23. The van der Waals surface area contributed by atoms with Gasteiger partial charge in [-0.25, -0.2) is 9.97 Å². The topological polar surface area (TPSA) is 89.3 Å². The van der Waals surface area contributed by atoms with Crippen molar-refractivity contribution < 1.29 is 13.9 Å². The number of carbonyl (C=O) groups excluding carboxylic acids is 1. The van der Waals surface area contributed by atoms with Gasteiger partial charge in [0.15, 0.2) is 0 Å². The monoisotopic (exact) mass is 372 g/mol. The van der Waals surface area contributed by atoms with Crippen LogP contribution in [0.2, 0.25) is 5.28 Å². The number of furan rings is 1. The Bertz CT molecular complexity index is 930. The summed E-state index contributed by atoms with van der Waals surface area (Å²) in [6.45, 7) is 1.47. The van der Waals surface area contributed by atoms with E-state index in [-0.39, 0.29) is 17.1 Å². The number of nitrogens with one attached hydrogen (secondary N) is 2. The van der Waals surface area contributed by atoms with Crippen LogP contribution in [0.1, 0.15) is 12.2 Å². The highest BCUT2D eigenvalue weighted by Crippen LogP contribution is 2.30. The summed E-state index contributed by atoms with van der Waals surface area (Å²) in [5, 5.41) is 6.93. The van der Waals surface area contributed by atoms with Crippen LogP contribution in [-0.2, 0) is 11.3 Å². The van der Waals surface area contributed by atoms with E-state index >= 15 is 0 Å². The van der Waals surface area contributed by atoms with Crippen LogP contribution < -0.4 is 15.4 Å². The molecule has 3 aromatic rings. The minimum Gasteiger partial charge on any atom is -0.490 e. The molecule has 0 spiro atoms. The lowest BCUT2D eigenvalue weighted by atomic mass is 10.1. The lowest BCUT2D eigenvalue weighted by Gasteiger charge is -2.13. The maximum Gasteiger partial charge on any atom is 0.226 e. The Hall–Kier alpha value is -2.80. The van der Waals surface area contributed by atoms with Crippen molar-refractivity contribution in [1.29, 1.82) is 0 Å². The molecule has 7 nitrogen and oxygen atoms in total. The molecule has 3 heterocycles. The molecule has 0 bridgehead atoms. The summed E-state index contributed by atoms with van der Waals surface area (Å²) in [7, 11) is 0. The van der Waals surface area contributed by atoms with Crippen LogP contribution in [0.25, 0.3) is 10.9 Å². The van der Waals surface area contributed by atoms with Crippen LogP contribution >= 0.6 is 11.6 Å². The number of halogens is 1. The molecule has 1 amide bonds. The molecule has 1 unspecified atom stereocenters. The van der Waals surface area contributed by atoms with Crippen LogP contribution in [0.5, 0.6) is 5.75 Å². The van der Waals surface area contributed by atoms with Gasteiger partial charge < -0.3 is 19.8 Å². The van der Waals surface area contributed by atoms with E-state index in [9.17, 15) is 4.79 Å². The van der Waals surface area contributed by atoms with Gasteiger partial charge in [0, 0.05) is 11.9 Å². The van der Waals surface area contributed by atoms with Crippen molar-refractivity contribution in [3.63, 3.8) is 0 Å². The second kappa shape index (κ2) is 7.21. The van der Waals surface area contributed by atoms with Crippen molar-refractivity contribution in [3.8, 4) is 5.75 Å². The van der Waals surface area contributed by atoms with Crippen LogP contribution in [0, 0.1) is 5.92 Å². The van der Waals surface area contributed by atoms with Crippen molar-refractivity contribution in [2.45, 2.75) is 13.0 Å². The van der Waals surface area contributed by atoms with Gasteiger partial charge in [0.25, 0.3) is 0 Å². The molecule has 1 aliphatic heterocycles. The normalized spacial score (nSPS) is 16.7. The number of para-hydroxylation sites is 1. The Morgan fingerprint density at radius 1 is 1.31 bits per heavy atom. The van der Waals surface area contributed by atoms with Gasteiger partial charge in [0.1, 0.15) is 22.8 Å². The third kappa shape index (κ3) is 3.43. The molecule has 8 heteroatoms. The first-order valence-corrected chi connectivity index (χ1v) is 8.71. The van der Waals surface area contributed by atoms with E-state index in [4.69, 9.17) is 20.8 Å². The molecule has 26 heavy (non-hydrogen) atoms. The Balaban J connectivity index is 1.59. The van der Waals surface area contributed by atoms with Gasteiger partial charge in [-0.15, -0.1) is 0 Å². The molecule has 134 valence electrons. The average Bonchev–Trinajstić information content (AvgIpc) is 3.29. The van der Waals surface area contributed by atoms with Crippen LogP contribution in [-0.4, -0.2) is 29.0 Å². The van der Waals surface area contributed by atoms with E-state index in [1.54, 1.807) is 6.26 Å². The zero-order valence-electron chi connectivity index (χ0n) is 13.9. The van der Waals surface area contributed by atoms with Crippen LogP contribution in [0.4, 0.5) is 5.82 Å². The number of hydrogen-bond acceptors (Lipinski definition) is 6. The number of amides is 1. The van der Waals surface area contributed by atoms with Crippen molar-refractivity contribution in [2.75, 3.05) is 18.5 Å². The highest BCUT2D eigenvalue weighted by atomic mass is 35.5. The minimum atomic E-state index is -0.140. The Labute approximate surface area is 154 Å². The fraction of sp³-hybridized carbons (Fsp3) is 0.278. The third-order valence-electron chi connectivity index (χ3n) is 4.28. The fourth-order valence-electron chi connectivity index (χ4n) is 2.93. The van der Waals surface area contributed by atoms with Gasteiger partial charge in [-0.05, 0) is 42.3 Å². The summed E-state index contributed by atoms with van der Waals surface area (Å²) < 4.78 is 11.2. The molecule has 1 fully saturated rings. The van der Waals surface area contributed by atoms with Gasteiger partial charge in [-0.3, -0.25) is 4.79 Å². The third-order valence-corrected chi connectivity index (χ3v) is 4.44. The van der Waals surface area contributed by atoms with Crippen molar-refractivity contribution in [3.05, 3.63) is 47.6 Å². The summed E-state index contributed by atoms with van der Waals surface area (Å²) in [5.74, 6) is 1.85. The Morgan fingerprint density at radius 2 is 2.23 bits per heavy atom. The largest absolute Gasteiger partial charge is 0.490 e. The minimum absolute atomic E-state index is 0.0266. The van der Waals surface area contributed by atoms with E-state index in [0.29, 0.717) is 36.8 Å². The number of benzene rings is 1. The van der Waals surface area contributed by atoms with Crippen LogP contribution in [0.15, 0.2) is 41.0 Å². The molecule has 2 aromatic heterocycles. The van der Waals surface area contributed by atoms with Gasteiger partial charge in [-0.2, -0.15) is 0 Å². The summed E-state index contributed by atoms with van der Waals surface area (Å²) >= 11 is 6.10. The first kappa shape index (κ1) is 16.7. The van der Waals surface area contributed by atoms with E-state index in [0.717, 1.165) is 17.6 Å². The number of aromatic nitrogens is 2. The summed E-state index contributed by atoms with van der Waals surface area (Å²) in [6.07, 6.45) is 2.39. The van der Waals surface area contributed by atoms with Gasteiger partial charge in [0.2, 0.25) is 11.2 Å². The molecule has 4 rings (SSSR count). The Morgan fingerprint density at radius 3 is 3.00 bits per heavy atom. The van der Waals surface area contributed by atoms with E-state index in [1.807, 2.05) is 30.3 Å². The molecular formula is C18H17ClN4O3. The van der Waals surface area contributed by atoms with E-state index < -0.39 is 0 Å². The molecule has 1 aliphatic rings. The molecular weight excluding hydrogens is 356 g/mol. The van der Waals surface area contributed by atoms with E-state index in [1.165, 1.54) is 0 Å². The van der Waals surface area contributed by atoms with E-state index in [2.05, 4.69) is 20.6 Å². The number of anilines is 1. The van der Waals surface area contributed by atoms with Gasteiger partial charge >= 0.3 is 0 Å². The zero-order valence-corrected chi connectivity index (χ0v) is 14.6. The molecule has 1 aromatic carbocycles. The van der Waals surface area contributed by atoms with Crippen molar-refractivity contribution in [1.82, 2.24) is 15.3 Å².